The Morgan fingerprint density at radius 2 is 1.93 bits per heavy atom. The average Bonchev–Trinajstić information content (AvgIpc) is 3.09. The van der Waals surface area contributed by atoms with E-state index in [-0.39, 0.29) is 5.82 Å². The highest BCUT2D eigenvalue weighted by Crippen LogP contribution is 2.25. The highest BCUT2D eigenvalue weighted by atomic mass is 16.6. The molecule has 2 atom stereocenters. The van der Waals surface area contributed by atoms with Gasteiger partial charge in [0.25, 0.3) is 0 Å². The second-order valence-corrected chi connectivity index (χ2v) is 8.07. The number of nitro groups is 1. The molecule has 2 fully saturated rings. The Bertz CT molecular complexity index is 822. The molecule has 28 heavy (non-hydrogen) atoms. The minimum atomic E-state index is -0.448. The minimum absolute atomic E-state index is 0.0966. The van der Waals surface area contributed by atoms with Gasteiger partial charge in [-0.3, -0.25) is 4.90 Å². The quantitative estimate of drug-likeness (QED) is 0.574. The molecule has 0 bridgehead atoms. The molecule has 2 aromatic heterocycles. The van der Waals surface area contributed by atoms with Crippen LogP contribution in [-0.4, -0.2) is 69.4 Å². The number of imidazole rings is 1. The van der Waals surface area contributed by atoms with Crippen molar-refractivity contribution in [1.29, 1.82) is 0 Å². The van der Waals surface area contributed by atoms with Gasteiger partial charge < -0.3 is 19.8 Å². The lowest BCUT2D eigenvalue weighted by atomic mass is 9.93. The van der Waals surface area contributed by atoms with Gasteiger partial charge in [0.2, 0.25) is 5.65 Å². The van der Waals surface area contributed by atoms with E-state index in [1.807, 2.05) is 6.07 Å². The molecule has 0 radical (unpaired) electrons. The Kier molecular flexibility index (Phi) is 5.45. The fraction of sp³-hybridized carbons (Fsp3) is 0.684. The van der Waals surface area contributed by atoms with E-state index >= 15 is 0 Å². The number of rotatable bonds is 5. The molecule has 2 aliphatic rings. The maximum Gasteiger partial charge on any atom is 0.368 e. The Morgan fingerprint density at radius 1 is 1.21 bits per heavy atom. The van der Waals surface area contributed by atoms with Crippen molar-refractivity contribution in [2.24, 2.45) is 5.92 Å². The first kappa shape index (κ1) is 19.1. The van der Waals surface area contributed by atoms with E-state index in [9.17, 15) is 10.1 Å². The molecule has 0 aromatic carbocycles. The van der Waals surface area contributed by atoms with Crippen molar-refractivity contribution in [3.05, 3.63) is 28.4 Å². The molecular weight excluding hydrogens is 360 g/mol. The summed E-state index contributed by atoms with van der Waals surface area (Å²) < 4.78 is 7.14. The molecule has 0 aliphatic carbocycles. The van der Waals surface area contributed by atoms with Gasteiger partial charge in [0, 0.05) is 32.2 Å². The first-order chi connectivity index (χ1) is 13.5. The smallest absolute Gasteiger partial charge is 0.368 e. The first-order valence-corrected chi connectivity index (χ1v) is 10.1. The maximum atomic E-state index is 11.1. The van der Waals surface area contributed by atoms with Gasteiger partial charge in [-0.2, -0.15) is 0 Å². The van der Waals surface area contributed by atoms with Crippen LogP contribution in [0.4, 0.5) is 11.6 Å². The largest absolute Gasteiger partial charge is 0.373 e. The van der Waals surface area contributed by atoms with Gasteiger partial charge in [0.1, 0.15) is 6.20 Å². The number of morpholine rings is 1. The van der Waals surface area contributed by atoms with Crippen molar-refractivity contribution < 1.29 is 9.66 Å². The second-order valence-electron chi connectivity index (χ2n) is 8.07. The topological polar surface area (TPSA) is 89.0 Å². The number of ether oxygens (including phenoxy) is 1. The number of aromatic nitrogens is 3. The van der Waals surface area contributed by atoms with E-state index in [2.05, 4.69) is 33.7 Å². The number of hydrogen-bond acceptors (Lipinski definition) is 7. The van der Waals surface area contributed by atoms with Crippen LogP contribution in [0.3, 0.4) is 0 Å². The maximum absolute atomic E-state index is 11.1. The molecule has 9 nitrogen and oxygen atoms in total. The van der Waals surface area contributed by atoms with Crippen molar-refractivity contribution in [3.63, 3.8) is 0 Å². The number of anilines is 1. The summed E-state index contributed by atoms with van der Waals surface area (Å²) >= 11 is 0. The summed E-state index contributed by atoms with van der Waals surface area (Å²) in [5.74, 6) is 1.40. The third kappa shape index (κ3) is 4.10. The molecule has 0 N–H and O–H groups in total. The zero-order chi connectivity index (χ0) is 19.7. The van der Waals surface area contributed by atoms with E-state index in [1.54, 1.807) is 6.07 Å². The minimum Gasteiger partial charge on any atom is -0.373 e. The van der Waals surface area contributed by atoms with Crippen LogP contribution >= 0.6 is 0 Å². The highest BCUT2D eigenvalue weighted by molar-refractivity contribution is 5.49. The lowest BCUT2D eigenvalue weighted by molar-refractivity contribution is -0.391. The number of nitrogens with zero attached hydrogens (tertiary/aromatic N) is 6. The number of fused-ring (bicyclic) bond motifs is 1. The van der Waals surface area contributed by atoms with Crippen molar-refractivity contribution in [2.45, 2.75) is 45.3 Å². The van der Waals surface area contributed by atoms with Gasteiger partial charge >= 0.3 is 5.82 Å². The van der Waals surface area contributed by atoms with Crippen LogP contribution in [0.2, 0.25) is 0 Å². The summed E-state index contributed by atoms with van der Waals surface area (Å²) in [6.45, 7) is 9.34. The van der Waals surface area contributed by atoms with Crippen molar-refractivity contribution in [2.75, 3.05) is 37.6 Å². The van der Waals surface area contributed by atoms with Crippen LogP contribution in [0, 0.1) is 16.0 Å². The van der Waals surface area contributed by atoms with Gasteiger partial charge in [0.05, 0.1) is 12.2 Å². The van der Waals surface area contributed by atoms with Gasteiger partial charge in [-0.15, -0.1) is 0 Å². The van der Waals surface area contributed by atoms with Crippen LogP contribution in [-0.2, 0) is 4.74 Å². The standard InChI is InChI=1S/C19H28N6O3/c1-14-12-22(13-15(2)28-14)8-5-16-6-9-23(10-7-16)18-4-3-17-20-11-19(25(26)27)24(17)21-18/h3-4,11,14-16H,5-10,12-13H2,1-2H3. The average molecular weight is 388 g/mol. The van der Waals surface area contributed by atoms with Crippen LogP contribution in [0.15, 0.2) is 18.3 Å². The Morgan fingerprint density at radius 3 is 2.61 bits per heavy atom. The number of hydrogen-bond donors (Lipinski definition) is 0. The molecule has 0 saturated carbocycles. The van der Waals surface area contributed by atoms with E-state index in [0.29, 0.717) is 17.9 Å². The first-order valence-electron chi connectivity index (χ1n) is 10.1. The second kappa shape index (κ2) is 8.00. The van der Waals surface area contributed by atoms with E-state index in [1.165, 1.54) is 17.1 Å². The molecule has 4 rings (SSSR count). The molecule has 2 unspecified atom stereocenters. The van der Waals surface area contributed by atoms with Crippen molar-refractivity contribution in [3.8, 4) is 0 Å². The van der Waals surface area contributed by atoms with Crippen LogP contribution in [0.25, 0.3) is 5.65 Å². The summed E-state index contributed by atoms with van der Waals surface area (Å²) in [5.41, 5.74) is 0.499. The summed E-state index contributed by atoms with van der Waals surface area (Å²) in [5, 5.41) is 15.6. The van der Waals surface area contributed by atoms with Crippen LogP contribution in [0.1, 0.15) is 33.1 Å². The lowest BCUT2D eigenvalue weighted by Crippen LogP contribution is -2.46. The summed E-state index contributed by atoms with van der Waals surface area (Å²) in [6.07, 6.45) is 5.36. The normalized spacial score (nSPS) is 24.7. The monoisotopic (exact) mass is 388 g/mol. The number of piperidine rings is 1. The van der Waals surface area contributed by atoms with Gasteiger partial charge in [0.15, 0.2) is 5.82 Å². The highest BCUT2D eigenvalue weighted by Gasteiger charge is 2.26. The van der Waals surface area contributed by atoms with Gasteiger partial charge in [-0.25, -0.2) is 4.98 Å². The van der Waals surface area contributed by atoms with Crippen LogP contribution in [0.5, 0.6) is 0 Å². The van der Waals surface area contributed by atoms with Crippen molar-refractivity contribution >= 4 is 17.3 Å². The molecule has 2 aromatic rings. The van der Waals surface area contributed by atoms with E-state index < -0.39 is 4.92 Å². The molecule has 152 valence electrons. The lowest BCUT2D eigenvalue weighted by Gasteiger charge is -2.37. The van der Waals surface area contributed by atoms with E-state index in [0.717, 1.165) is 57.3 Å². The van der Waals surface area contributed by atoms with Gasteiger partial charge in [-0.1, -0.05) is 9.61 Å². The van der Waals surface area contributed by atoms with E-state index in [4.69, 9.17) is 4.74 Å². The third-order valence-corrected chi connectivity index (χ3v) is 5.80. The summed E-state index contributed by atoms with van der Waals surface area (Å²) in [7, 11) is 0. The molecule has 4 heterocycles. The molecule has 0 spiro atoms. The Hall–Kier alpha value is -2.26. The molecule has 2 aliphatic heterocycles. The summed E-state index contributed by atoms with van der Waals surface area (Å²) in [6, 6.07) is 3.70. The SMILES string of the molecule is CC1CN(CCC2CCN(c3ccc4ncc([N+](=O)[O-])n4n3)CC2)CC(C)O1. The zero-order valence-electron chi connectivity index (χ0n) is 16.5. The third-order valence-electron chi connectivity index (χ3n) is 5.80. The van der Waals surface area contributed by atoms with Crippen molar-refractivity contribution in [1.82, 2.24) is 19.5 Å². The predicted octanol–water partition coefficient (Wildman–Crippen LogP) is 2.35. The van der Waals surface area contributed by atoms with Gasteiger partial charge in [-0.05, 0) is 56.6 Å². The Labute approximate surface area is 164 Å². The predicted molar refractivity (Wildman–Crippen MR) is 106 cm³/mol. The zero-order valence-corrected chi connectivity index (χ0v) is 16.5. The fourth-order valence-electron chi connectivity index (χ4n) is 4.43. The molecular formula is C19H28N6O3. The molecule has 9 heteroatoms. The molecule has 2 saturated heterocycles. The fourth-order valence-corrected chi connectivity index (χ4v) is 4.43. The summed E-state index contributed by atoms with van der Waals surface area (Å²) in [4.78, 5) is 19.5. The molecule has 0 amide bonds. The Balaban J connectivity index is 1.32. The van der Waals surface area contributed by atoms with Crippen LogP contribution < -0.4 is 4.90 Å².